The Bertz CT molecular complexity index is 1200. The highest BCUT2D eigenvalue weighted by molar-refractivity contribution is 6.01. The van der Waals surface area contributed by atoms with E-state index in [1.807, 2.05) is 30.3 Å². The fourth-order valence-corrected chi connectivity index (χ4v) is 3.89. The number of amides is 1. The summed E-state index contributed by atoms with van der Waals surface area (Å²) in [6.45, 7) is 1.51. The molecule has 6 heteroatoms. The van der Waals surface area contributed by atoms with E-state index in [9.17, 15) is 10.1 Å². The van der Waals surface area contributed by atoms with E-state index in [4.69, 9.17) is 14.2 Å². The first-order valence-corrected chi connectivity index (χ1v) is 11.0. The molecule has 0 aliphatic carbocycles. The summed E-state index contributed by atoms with van der Waals surface area (Å²) in [7, 11) is 1.56. The summed E-state index contributed by atoms with van der Waals surface area (Å²) in [6.07, 6.45) is 3.48. The average Bonchev–Trinajstić information content (AvgIpc) is 3.38. The Morgan fingerprint density at radius 3 is 2.82 bits per heavy atom. The number of rotatable bonds is 8. The van der Waals surface area contributed by atoms with Crippen LogP contribution in [0, 0.1) is 11.3 Å². The number of hydrogen-bond acceptors (Lipinski definition) is 5. The number of ether oxygens (including phenoxy) is 3. The Morgan fingerprint density at radius 1 is 1.18 bits per heavy atom. The number of carbonyl (C=O) groups excluding carboxylic acids is 1. The van der Waals surface area contributed by atoms with Gasteiger partial charge in [0.15, 0.2) is 11.5 Å². The number of benzene rings is 3. The summed E-state index contributed by atoms with van der Waals surface area (Å²) in [6, 6.07) is 21.6. The van der Waals surface area contributed by atoms with Crippen LogP contribution < -0.4 is 14.8 Å². The Morgan fingerprint density at radius 2 is 2.03 bits per heavy atom. The third-order valence-corrected chi connectivity index (χ3v) is 5.64. The van der Waals surface area contributed by atoms with Crippen molar-refractivity contribution >= 4 is 22.8 Å². The van der Waals surface area contributed by atoms with Crippen molar-refractivity contribution in [2.75, 3.05) is 20.3 Å². The van der Waals surface area contributed by atoms with Crippen LogP contribution in [0.5, 0.6) is 11.5 Å². The molecule has 0 spiro atoms. The zero-order valence-corrected chi connectivity index (χ0v) is 18.5. The minimum Gasteiger partial charge on any atom is -0.493 e. The molecule has 4 rings (SSSR count). The molecule has 1 amide bonds. The fraction of sp³-hybridized carbons (Fsp3) is 0.259. The van der Waals surface area contributed by atoms with Crippen LogP contribution in [0.4, 0.5) is 0 Å². The number of nitrogens with zero attached hydrogens (tertiary/aromatic N) is 1. The number of nitriles is 1. The molecule has 3 aromatic rings. The first kappa shape index (κ1) is 22.4. The average molecular weight is 443 g/mol. The Balaban J connectivity index is 1.46. The van der Waals surface area contributed by atoms with Crippen LogP contribution in [0.1, 0.15) is 24.0 Å². The highest BCUT2D eigenvalue weighted by atomic mass is 16.5. The molecule has 0 bridgehead atoms. The maximum Gasteiger partial charge on any atom is 0.262 e. The van der Waals surface area contributed by atoms with Crippen LogP contribution in [-0.4, -0.2) is 32.3 Å². The second-order valence-electron chi connectivity index (χ2n) is 7.85. The first-order chi connectivity index (χ1) is 16.2. The largest absolute Gasteiger partial charge is 0.493 e. The lowest BCUT2D eigenvalue weighted by molar-refractivity contribution is -0.117. The maximum atomic E-state index is 12.4. The predicted octanol–water partition coefficient (Wildman–Crippen LogP) is 4.63. The van der Waals surface area contributed by atoms with Gasteiger partial charge in [0.1, 0.15) is 18.2 Å². The quantitative estimate of drug-likeness (QED) is 0.406. The molecule has 168 valence electrons. The zero-order valence-electron chi connectivity index (χ0n) is 18.5. The molecule has 33 heavy (non-hydrogen) atoms. The van der Waals surface area contributed by atoms with Crippen molar-refractivity contribution in [2.45, 2.75) is 25.6 Å². The van der Waals surface area contributed by atoms with Gasteiger partial charge >= 0.3 is 0 Å². The molecule has 0 radical (unpaired) electrons. The smallest absolute Gasteiger partial charge is 0.262 e. The molecule has 1 heterocycles. The molecule has 0 saturated carbocycles. The van der Waals surface area contributed by atoms with Crippen LogP contribution in [0.3, 0.4) is 0 Å². The van der Waals surface area contributed by atoms with E-state index >= 15 is 0 Å². The van der Waals surface area contributed by atoms with Gasteiger partial charge in [-0.2, -0.15) is 5.26 Å². The molecule has 3 aromatic carbocycles. The van der Waals surface area contributed by atoms with Crippen molar-refractivity contribution in [3.05, 3.63) is 77.4 Å². The van der Waals surface area contributed by atoms with Crippen LogP contribution in [0.25, 0.3) is 16.8 Å². The fourth-order valence-electron chi connectivity index (χ4n) is 3.89. The number of methoxy groups -OCH3 is 1. The number of carbonyl (C=O) groups is 1. The van der Waals surface area contributed by atoms with Crippen LogP contribution >= 0.6 is 0 Å². The number of nitrogens with one attached hydrogen (secondary N) is 1. The monoisotopic (exact) mass is 442 g/mol. The number of fused-ring (bicyclic) bond motifs is 1. The van der Waals surface area contributed by atoms with Gasteiger partial charge < -0.3 is 19.5 Å². The minimum atomic E-state index is -0.414. The van der Waals surface area contributed by atoms with Gasteiger partial charge in [-0.25, -0.2) is 0 Å². The second kappa shape index (κ2) is 10.7. The van der Waals surface area contributed by atoms with E-state index < -0.39 is 5.91 Å². The number of hydrogen-bond donors (Lipinski definition) is 1. The molecule has 1 fully saturated rings. The molecule has 0 aromatic heterocycles. The van der Waals surface area contributed by atoms with Gasteiger partial charge in [-0.15, -0.1) is 0 Å². The highest BCUT2D eigenvalue weighted by Crippen LogP contribution is 2.30. The predicted molar refractivity (Wildman–Crippen MR) is 127 cm³/mol. The zero-order chi connectivity index (χ0) is 23.0. The maximum absolute atomic E-state index is 12.4. The van der Waals surface area contributed by atoms with E-state index in [-0.39, 0.29) is 11.7 Å². The molecule has 1 aliphatic heterocycles. The van der Waals surface area contributed by atoms with Crippen molar-refractivity contribution in [3.63, 3.8) is 0 Å². The lowest BCUT2D eigenvalue weighted by Gasteiger charge is -2.13. The summed E-state index contributed by atoms with van der Waals surface area (Å²) in [5.74, 6) is 0.702. The summed E-state index contributed by atoms with van der Waals surface area (Å²) >= 11 is 0. The Kier molecular flexibility index (Phi) is 7.23. The van der Waals surface area contributed by atoms with Crippen LogP contribution in [0.2, 0.25) is 0 Å². The molecule has 1 N–H and O–H groups in total. The molecule has 1 aliphatic rings. The van der Waals surface area contributed by atoms with E-state index in [1.165, 1.54) is 0 Å². The lowest BCUT2D eigenvalue weighted by atomic mass is 10.1. The molecular formula is C27H26N2O4. The molecule has 1 atom stereocenters. The third-order valence-electron chi connectivity index (χ3n) is 5.64. The first-order valence-electron chi connectivity index (χ1n) is 11.0. The molecule has 6 nitrogen and oxygen atoms in total. The topological polar surface area (TPSA) is 80.6 Å². The third kappa shape index (κ3) is 5.51. The van der Waals surface area contributed by atoms with E-state index in [0.717, 1.165) is 35.8 Å². The highest BCUT2D eigenvalue weighted by Gasteiger charge is 2.18. The van der Waals surface area contributed by atoms with Crippen molar-refractivity contribution in [1.29, 1.82) is 5.26 Å². The van der Waals surface area contributed by atoms with Gasteiger partial charge in [0, 0.05) is 13.2 Å². The summed E-state index contributed by atoms with van der Waals surface area (Å²) in [4.78, 5) is 12.4. The van der Waals surface area contributed by atoms with Gasteiger partial charge in [-0.05, 0) is 52.9 Å². The van der Waals surface area contributed by atoms with Gasteiger partial charge in [0.25, 0.3) is 5.91 Å². The normalized spacial score (nSPS) is 15.8. The summed E-state index contributed by atoms with van der Waals surface area (Å²) in [5.41, 5.74) is 1.78. The van der Waals surface area contributed by atoms with E-state index in [0.29, 0.717) is 30.2 Å². The van der Waals surface area contributed by atoms with E-state index in [1.54, 1.807) is 31.4 Å². The van der Waals surface area contributed by atoms with Crippen LogP contribution in [-0.2, 0) is 16.1 Å². The van der Waals surface area contributed by atoms with Gasteiger partial charge in [-0.1, -0.05) is 48.5 Å². The van der Waals surface area contributed by atoms with Crippen molar-refractivity contribution in [3.8, 4) is 17.6 Å². The lowest BCUT2D eigenvalue weighted by Crippen LogP contribution is -2.32. The van der Waals surface area contributed by atoms with Gasteiger partial charge in [0.2, 0.25) is 0 Å². The minimum absolute atomic E-state index is 0.0205. The van der Waals surface area contributed by atoms with Crippen LogP contribution in [0.15, 0.2) is 66.2 Å². The Labute approximate surface area is 193 Å². The Hall–Kier alpha value is -3.82. The van der Waals surface area contributed by atoms with Crippen molar-refractivity contribution < 1.29 is 19.0 Å². The SMILES string of the molecule is COc1cc(/C=C(\C#N)C(=O)NC[C@@H]2CCCO2)ccc1OCc1cccc2ccccc12. The second-order valence-corrected chi connectivity index (χ2v) is 7.85. The molecule has 0 unspecified atom stereocenters. The van der Waals surface area contributed by atoms with E-state index in [2.05, 4.69) is 23.5 Å². The standard InChI is InChI=1S/C27H26N2O4/c1-31-26-15-19(14-22(16-28)27(30)29-17-23-9-5-13-32-23)11-12-25(26)33-18-21-8-4-7-20-6-2-3-10-24(20)21/h2-4,6-8,10-12,14-15,23H,5,9,13,17-18H2,1H3,(H,29,30)/b22-14+/t23-/m0/s1. The van der Waals surface area contributed by atoms with Gasteiger partial charge in [0.05, 0.1) is 13.2 Å². The van der Waals surface area contributed by atoms with Gasteiger partial charge in [-0.3, -0.25) is 4.79 Å². The summed E-state index contributed by atoms with van der Waals surface area (Å²) < 4.78 is 17.1. The summed E-state index contributed by atoms with van der Waals surface area (Å²) in [5, 5.41) is 14.5. The van der Waals surface area contributed by atoms with Crippen molar-refractivity contribution in [2.24, 2.45) is 0 Å². The van der Waals surface area contributed by atoms with Crippen molar-refractivity contribution in [1.82, 2.24) is 5.32 Å². The molecule has 1 saturated heterocycles. The molecular weight excluding hydrogens is 416 g/mol.